The van der Waals surface area contributed by atoms with Crippen LogP contribution in [-0.2, 0) is 0 Å². The first-order chi connectivity index (χ1) is 9.13. The number of imidazole rings is 1. The third kappa shape index (κ3) is 2.41. The molecule has 19 heavy (non-hydrogen) atoms. The predicted molar refractivity (Wildman–Crippen MR) is 80.8 cm³/mol. The molecule has 0 radical (unpaired) electrons. The molecule has 6 heteroatoms. The standard InChI is InChI=1S/C13H10BrN3OS/c1-7-15-10-3-2-8(6-11(10)16-7)17-13(18)12-9(14)4-5-19-12/h2-6H,1H3,(H,15,16)(H,17,18). The Labute approximate surface area is 122 Å². The van der Waals surface area contributed by atoms with Gasteiger partial charge < -0.3 is 10.3 Å². The van der Waals surface area contributed by atoms with Crippen molar-refractivity contribution in [3.63, 3.8) is 0 Å². The van der Waals surface area contributed by atoms with Gasteiger partial charge in [-0.15, -0.1) is 11.3 Å². The Morgan fingerprint density at radius 2 is 2.26 bits per heavy atom. The molecule has 0 aliphatic heterocycles. The van der Waals surface area contributed by atoms with Crippen molar-refractivity contribution in [1.82, 2.24) is 9.97 Å². The highest BCUT2D eigenvalue weighted by Gasteiger charge is 2.12. The van der Waals surface area contributed by atoms with Crippen molar-refractivity contribution < 1.29 is 4.79 Å². The average molecular weight is 336 g/mol. The molecule has 1 aromatic carbocycles. The van der Waals surface area contributed by atoms with E-state index in [4.69, 9.17) is 0 Å². The molecule has 0 aliphatic rings. The van der Waals surface area contributed by atoms with E-state index in [1.165, 1.54) is 11.3 Å². The summed E-state index contributed by atoms with van der Waals surface area (Å²) >= 11 is 4.76. The Hall–Kier alpha value is -1.66. The van der Waals surface area contributed by atoms with E-state index < -0.39 is 0 Å². The molecule has 4 nitrogen and oxygen atoms in total. The number of carbonyl (C=O) groups excluding carboxylic acids is 1. The lowest BCUT2D eigenvalue weighted by Crippen LogP contribution is -2.10. The van der Waals surface area contributed by atoms with E-state index in [0.29, 0.717) is 4.88 Å². The fourth-order valence-electron chi connectivity index (χ4n) is 1.86. The minimum Gasteiger partial charge on any atom is -0.342 e. The van der Waals surface area contributed by atoms with Crippen LogP contribution in [-0.4, -0.2) is 15.9 Å². The van der Waals surface area contributed by atoms with Gasteiger partial charge in [0.05, 0.1) is 11.0 Å². The van der Waals surface area contributed by atoms with E-state index in [1.807, 2.05) is 36.6 Å². The quantitative estimate of drug-likeness (QED) is 0.744. The van der Waals surface area contributed by atoms with Crippen LogP contribution in [0.15, 0.2) is 34.1 Å². The largest absolute Gasteiger partial charge is 0.342 e. The van der Waals surface area contributed by atoms with E-state index >= 15 is 0 Å². The summed E-state index contributed by atoms with van der Waals surface area (Å²) in [5.74, 6) is 0.747. The SMILES string of the molecule is Cc1nc2ccc(NC(=O)c3sccc3Br)cc2[nH]1. The second-order valence-corrected chi connectivity index (χ2v) is 5.88. The molecule has 0 saturated heterocycles. The number of nitrogens with zero attached hydrogens (tertiary/aromatic N) is 1. The fourth-order valence-corrected chi connectivity index (χ4v) is 3.31. The molecule has 0 saturated carbocycles. The summed E-state index contributed by atoms with van der Waals surface area (Å²) in [6, 6.07) is 7.48. The Kier molecular flexibility index (Phi) is 3.12. The normalized spacial score (nSPS) is 10.8. The number of hydrogen-bond donors (Lipinski definition) is 2. The molecule has 2 N–H and O–H groups in total. The van der Waals surface area contributed by atoms with E-state index in [1.54, 1.807) is 0 Å². The van der Waals surface area contributed by atoms with Crippen LogP contribution >= 0.6 is 27.3 Å². The number of amides is 1. The molecule has 3 aromatic rings. The number of hydrogen-bond acceptors (Lipinski definition) is 3. The maximum absolute atomic E-state index is 12.1. The number of aromatic nitrogens is 2. The monoisotopic (exact) mass is 335 g/mol. The van der Waals surface area contributed by atoms with Gasteiger partial charge in [0.25, 0.3) is 5.91 Å². The number of anilines is 1. The topological polar surface area (TPSA) is 57.8 Å². The van der Waals surface area contributed by atoms with Crippen molar-refractivity contribution in [1.29, 1.82) is 0 Å². The van der Waals surface area contributed by atoms with Gasteiger partial charge in [-0.2, -0.15) is 0 Å². The Morgan fingerprint density at radius 3 is 3.00 bits per heavy atom. The highest BCUT2D eigenvalue weighted by Crippen LogP contribution is 2.24. The number of aryl methyl sites for hydroxylation is 1. The first-order valence-corrected chi connectivity index (χ1v) is 7.31. The zero-order chi connectivity index (χ0) is 13.4. The minimum atomic E-state index is -0.113. The molecule has 0 spiro atoms. The van der Waals surface area contributed by atoms with E-state index in [9.17, 15) is 4.79 Å². The van der Waals surface area contributed by atoms with Crippen LogP contribution in [0.2, 0.25) is 0 Å². The smallest absolute Gasteiger partial charge is 0.266 e. The van der Waals surface area contributed by atoms with Crippen molar-refractivity contribution in [2.75, 3.05) is 5.32 Å². The minimum absolute atomic E-state index is 0.113. The van der Waals surface area contributed by atoms with Crippen LogP contribution in [0.25, 0.3) is 11.0 Å². The zero-order valence-electron chi connectivity index (χ0n) is 10.0. The van der Waals surface area contributed by atoms with Gasteiger partial charge in [0.15, 0.2) is 0 Å². The molecule has 0 unspecified atom stereocenters. The number of nitrogens with one attached hydrogen (secondary N) is 2. The summed E-state index contributed by atoms with van der Waals surface area (Å²) in [5, 5.41) is 4.76. The van der Waals surface area contributed by atoms with Gasteiger partial charge in [0.1, 0.15) is 10.7 Å². The zero-order valence-corrected chi connectivity index (χ0v) is 12.4. The average Bonchev–Trinajstić information content (AvgIpc) is 2.93. The molecule has 0 aliphatic carbocycles. The Bertz CT molecular complexity index is 762. The summed E-state index contributed by atoms with van der Waals surface area (Å²) in [7, 11) is 0. The Balaban J connectivity index is 1.89. The number of fused-ring (bicyclic) bond motifs is 1. The number of benzene rings is 1. The van der Waals surface area contributed by atoms with Crippen LogP contribution in [0.1, 0.15) is 15.5 Å². The number of thiophene rings is 1. The van der Waals surface area contributed by atoms with Gasteiger partial charge in [0, 0.05) is 10.2 Å². The van der Waals surface area contributed by atoms with Crippen molar-refractivity contribution >= 4 is 49.9 Å². The van der Waals surface area contributed by atoms with Gasteiger partial charge in [-0.25, -0.2) is 4.98 Å². The van der Waals surface area contributed by atoms with Crippen LogP contribution in [0.3, 0.4) is 0 Å². The summed E-state index contributed by atoms with van der Waals surface area (Å²) in [6.07, 6.45) is 0. The van der Waals surface area contributed by atoms with E-state index in [0.717, 1.165) is 27.0 Å². The van der Waals surface area contributed by atoms with Crippen LogP contribution < -0.4 is 5.32 Å². The summed E-state index contributed by atoms with van der Waals surface area (Å²) in [5.41, 5.74) is 2.56. The molecule has 2 heterocycles. The lowest BCUT2D eigenvalue weighted by Gasteiger charge is -2.03. The number of H-pyrrole nitrogens is 1. The van der Waals surface area contributed by atoms with E-state index in [2.05, 4.69) is 31.2 Å². The van der Waals surface area contributed by atoms with Crippen LogP contribution in [0, 0.1) is 6.92 Å². The lowest BCUT2D eigenvalue weighted by atomic mass is 10.2. The number of halogens is 1. The van der Waals surface area contributed by atoms with E-state index in [-0.39, 0.29) is 5.91 Å². The Morgan fingerprint density at radius 1 is 1.42 bits per heavy atom. The molecular formula is C13H10BrN3OS. The third-order valence-corrected chi connectivity index (χ3v) is 4.52. The van der Waals surface area contributed by atoms with Crippen molar-refractivity contribution in [3.8, 4) is 0 Å². The highest BCUT2D eigenvalue weighted by molar-refractivity contribution is 9.10. The summed E-state index contributed by atoms with van der Waals surface area (Å²) in [6.45, 7) is 1.90. The molecule has 0 bridgehead atoms. The van der Waals surface area contributed by atoms with Gasteiger partial charge in [-0.05, 0) is 52.5 Å². The summed E-state index contributed by atoms with van der Waals surface area (Å²) < 4.78 is 0.813. The van der Waals surface area contributed by atoms with Crippen LogP contribution in [0.4, 0.5) is 5.69 Å². The van der Waals surface area contributed by atoms with Crippen LogP contribution in [0.5, 0.6) is 0 Å². The molecule has 1 amide bonds. The second kappa shape index (κ2) is 4.79. The van der Waals surface area contributed by atoms with Gasteiger partial charge >= 0.3 is 0 Å². The highest BCUT2D eigenvalue weighted by atomic mass is 79.9. The third-order valence-electron chi connectivity index (χ3n) is 2.68. The molecule has 3 rings (SSSR count). The molecule has 96 valence electrons. The van der Waals surface area contributed by atoms with Gasteiger partial charge in [-0.3, -0.25) is 4.79 Å². The number of rotatable bonds is 2. The predicted octanol–water partition coefficient (Wildman–Crippen LogP) is 3.95. The molecular weight excluding hydrogens is 326 g/mol. The van der Waals surface area contributed by atoms with Crippen molar-refractivity contribution in [3.05, 3.63) is 44.8 Å². The first kappa shape index (κ1) is 12.4. The fraction of sp³-hybridized carbons (Fsp3) is 0.0769. The number of carbonyl (C=O) groups is 1. The van der Waals surface area contributed by atoms with Crippen molar-refractivity contribution in [2.24, 2.45) is 0 Å². The maximum atomic E-state index is 12.1. The molecule has 0 atom stereocenters. The lowest BCUT2D eigenvalue weighted by molar-refractivity contribution is 0.103. The maximum Gasteiger partial charge on any atom is 0.266 e. The number of aromatic amines is 1. The van der Waals surface area contributed by atoms with Gasteiger partial charge in [0.2, 0.25) is 0 Å². The molecule has 0 fully saturated rings. The van der Waals surface area contributed by atoms with Gasteiger partial charge in [-0.1, -0.05) is 0 Å². The second-order valence-electron chi connectivity index (χ2n) is 4.11. The molecule has 2 aromatic heterocycles. The summed E-state index contributed by atoms with van der Waals surface area (Å²) in [4.78, 5) is 20.2. The van der Waals surface area contributed by atoms with Crippen molar-refractivity contribution in [2.45, 2.75) is 6.92 Å². The first-order valence-electron chi connectivity index (χ1n) is 5.64.